The molecule has 0 aromatic carbocycles. The Hall–Kier alpha value is -4.31. The zero-order chi connectivity index (χ0) is 63.8. The molecule has 0 bridgehead atoms. The van der Waals surface area contributed by atoms with Gasteiger partial charge in [0.1, 0.15) is 25.4 Å². The van der Waals surface area contributed by atoms with Crippen molar-refractivity contribution in [2.45, 2.75) is 245 Å². The highest BCUT2D eigenvalue weighted by atomic mass is 31.2. The summed E-state index contributed by atoms with van der Waals surface area (Å²) >= 11 is 0. The minimum atomic E-state index is -4.94. The van der Waals surface area contributed by atoms with Crippen molar-refractivity contribution < 1.29 is 75.8 Å². The van der Waals surface area contributed by atoms with Crippen LogP contribution in [0.15, 0.2) is 134 Å². The van der Waals surface area contributed by atoms with E-state index in [4.69, 9.17) is 32.3 Å². The molecule has 18 heteroatoms. The Balaban J connectivity index is 4.77. The molecule has 0 aliphatic heterocycles. The van der Waals surface area contributed by atoms with E-state index in [1.54, 1.807) is 0 Å². The predicted molar refractivity (Wildman–Crippen MR) is 353 cm³/mol. The molecule has 0 aromatic heterocycles. The third-order valence-corrected chi connectivity index (χ3v) is 14.8. The number of carbonyl (C=O) groups is 3. The molecule has 0 radical (unpaired) electrons. The molecule has 496 valence electrons. The Morgan fingerprint density at radius 2 is 0.632 bits per heavy atom. The maximum Gasteiger partial charge on any atom is 0.472 e. The molecular weight excluding hydrogens is 1150 g/mol. The van der Waals surface area contributed by atoms with Gasteiger partial charge in [-0.15, -0.1) is 0 Å². The van der Waals surface area contributed by atoms with Gasteiger partial charge in [0.2, 0.25) is 0 Å². The quantitative estimate of drug-likeness (QED) is 0.0146. The van der Waals surface area contributed by atoms with Gasteiger partial charge >= 0.3 is 33.6 Å². The van der Waals surface area contributed by atoms with E-state index < -0.39 is 91.5 Å². The third kappa shape index (κ3) is 63.1. The SMILES string of the molecule is CC/C=C\C/C=C\C/C=C\C/C=C\C/C=C\C/C=C\CCC(=O)OCC(O)COP(=O)(O)OCC(O)COP(=O)(O)OCC(COC(=O)CCCCC/C=C\C/C=C\C/C=C\C/C=C\C/C=C\CC)OC(=O)CCCCCCCCCCCCCCC. The van der Waals surface area contributed by atoms with E-state index >= 15 is 0 Å². The average molecular weight is 1260 g/mol. The van der Waals surface area contributed by atoms with Crippen molar-refractivity contribution in [2.75, 3.05) is 39.6 Å². The maximum absolute atomic E-state index is 12.9. The first kappa shape index (κ1) is 82.7. The Morgan fingerprint density at radius 3 is 1.03 bits per heavy atom. The Kier molecular flexibility index (Phi) is 58.8. The van der Waals surface area contributed by atoms with E-state index in [0.29, 0.717) is 25.7 Å². The average Bonchev–Trinajstić information content (AvgIpc) is 3.63. The number of phosphoric ester groups is 2. The number of aliphatic hydroxyl groups is 2. The van der Waals surface area contributed by atoms with Crippen molar-refractivity contribution in [1.29, 1.82) is 0 Å². The lowest BCUT2D eigenvalue weighted by Gasteiger charge is -2.21. The normalized spacial score (nSPS) is 15.2. The summed E-state index contributed by atoms with van der Waals surface area (Å²) in [5, 5.41) is 20.5. The zero-order valence-electron chi connectivity index (χ0n) is 53.4. The molecule has 0 aliphatic rings. The van der Waals surface area contributed by atoms with Crippen LogP contribution in [0.25, 0.3) is 0 Å². The van der Waals surface area contributed by atoms with Crippen molar-refractivity contribution in [3.63, 3.8) is 0 Å². The molecule has 0 aliphatic carbocycles. The third-order valence-electron chi connectivity index (χ3n) is 12.9. The number of hydrogen-bond donors (Lipinski definition) is 4. The van der Waals surface area contributed by atoms with Crippen LogP contribution in [0.5, 0.6) is 0 Å². The highest BCUT2D eigenvalue weighted by Gasteiger charge is 2.29. The van der Waals surface area contributed by atoms with Crippen molar-refractivity contribution in [1.82, 2.24) is 0 Å². The van der Waals surface area contributed by atoms with E-state index in [-0.39, 0.29) is 19.3 Å². The molecule has 0 saturated heterocycles. The topological polar surface area (TPSA) is 231 Å². The predicted octanol–water partition coefficient (Wildman–Crippen LogP) is 17.6. The standard InChI is InChI=1S/C69H114O16P2/c1-4-7-10-13-16-19-22-25-27-29-31-33-35-38-40-43-46-49-52-55-67(72)79-58-64(70)59-81-86(75,76)82-60-65(71)61-83-87(77,78)84-63-66(85-69(74)57-54-51-48-45-42-37-24-21-18-15-12-9-6-3)62-80-68(73)56-53-50-47-44-41-39-36-34-32-30-28-26-23-20-17-14-11-8-5-2/h7-8,10-11,16-17,19-20,25-28,31-34,38-41,46,49,64-66,70-71H,4-6,9,12-15,18,21-24,29-30,35-37,42-45,47-48,50-63H2,1-3H3,(H,75,76)(H,77,78)/b10-7-,11-8-,19-16-,20-17-,27-25-,28-26-,33-31-,34-32-,40-38-,41-39-,49-46-. The summed E-state index contributed by atoms with van der Waals surface area (Å²) in [6.07, 6.45) is 71.0. The van der Waals surface area contributed by atoms with E-state index in [1.807, 2.05) is 18.2 Å². The zero-order valence-corrected chi connectivity index (χ0v) is 55.2. The van der Waals surface area contributed by atoms with Gasteiger partial charge < -0.3 is 34.2 Å². The summed E-state index contributed by atoms with van der Waals surface area (Å²) in [6.45, 7) is 2.28. The summed E-state index contributed by atoms with van der Waals surface area (Å²) in [6, 6.07) is 0. The van der Waals surface area contributed by atoms with Crippen LogP contribution >= 0.6 is 15.6 Å². The molecule has 0 saturated carbocycles. The molecule has 0 spiro atoms. The second-order valence-corrected chi connectivity index (χ2v) is 24.1. The number of aliphatic hydroxyl groups excluding tert-OH is 2. The van der Waals surface area contributed by atoms with Crippen LogP contribution in [0, 0.1) is 0 Å². The molecule has 0 heterocycles. The van der Waals surface area contributed by atoms with Gasteiger partial charge in [-0.25, -0.2) is 9.13 Å². The summed E-state index contributed by atoms with van der Waals surface area (Å²) in [4.78, 5) is 58.2. The van der Waals surface area contributed by atoms with Crippen LogP contribution < -0.4 is 0 Å². The summed E-state index contributed by atoms with van der Waals surface area (Å²) in [5.74, 6) is -1.70. The van der Waals surface area contributed by atoms with Crippen LogP contribution in [0.3, 0.4) is 0 Å². The smallest absolute Gasteiger partial charge is 0.463 e. The van der Waals surface area contributed by atoms with Crippen LogP contribution in [0.4, 0.5) is 0 Å². The van der Waals surface area contributed by atoms with Crippen molar-refractivity contribution in [3.05, 3.63) is 134 Å². The first-order valence-electron chi connectivity index (χ1n) is 32.5. The Labute approximate surface area is 525 Å². The van der Waals surface area contributed by atoms with Gasteiger partial charge in [-0.2, -0.15) is 0 Å². The minimum Gasteiger partial charge on any atom is -0.463 e. The molecule has 16 nitrogen and oxygen atoms in total. The van der Waals surface area contributed by atoms with E-state index in [9.17, 15) is 43.5 Å². The van der Waals surface area contributed by atoms with E-state index in [2.05, 4.69) is 136 Å². The van der Waals surface area contributed by atoms with Crippen molar-refractivity contribution >= 4 is 33.6 Å². The number of phosphoric acid groups is 2. The largest absolute Gasteiger partial charge is 0.472 e. The molecule has 0 amide bonds. The first-order chi connectivity index (χ1) is 42.2. The van der Waals surface area contributed by atoms with Crippen LogP contribution in [0.1, 0.15) is 226 Å². The van der Waals surface area contributed by atoms with Crippen LogP contribution in [-0.2, 0) is 55.8 Å². The fourth-order valence-corrected chi connectivity index (χ4v) is 9.56. The van der Waals surface area contributed by atoms with Gasteiger partial charge in [0, 0.05) is 19.3 Å². The molecule has 0 fully saturated rings. The van der Waals surface area contributed by atoms with E-state index in [1.165, 1.54) is 51.4 Å². The van der Waals surface area contributed by atoms with Gasteiger partial charge in [0.15, 0.2) is 6.10 Å². The number of esters is 3. The van der Waals surface area contributed by atoms with Gasteiger partial charge in [-0.05, 0) is 103 Å². The highest BCUT2D eigenvalue weighted by molar-refractivity contribution is 7.47. The first-order valence-corrected chi connectivity index (χ1v) is 35.5. The fraction of sp³-hybridized carbons (Fsp3) is 0.638. The molecule has 5 atom stereocenters. The number of unbranched alkanes of at least 4 members (excludes halogenated alkanes) is 15. The number of carbonyl (C=O) groups excluding carboxylic acids is 3. The van der Waals surface area contributed by atoms with Crippen molar-refractivity contribution in [2.24, 2.45) is 0 Å². The molecule has 0 rings (SSSR count). The van der Waals surface area contributed by atoms with Gasteiger partial charge in [0.25, 0.3) is 0 Å². The lowest BCUT2D eigenvalue weighted by atomic mass is 10.0. The van der Waals surface area contributed by atoms with Gasteiger partial charge in [-0.3, -0.25) is 32.5 Å². The molecule has 87 heavy (non-hydrogen) atoms. The minimum absolute atomic E-state index is 0.0564. The fourth-order valence-electron chi connectivity index (χ4n) is 7.97. The second-order valence-electron chi connectivity index (χ2n) is 21.2. The number of ether oxygens (including phenoxy) is 3. The molecular formula is C69H114O16P2. The van der Waals surface area contributed by atoms with Crippen LogP contribution in [0.2, 0.25) is 0 Å². The summed E-state index contributed by atoms with van der Waals surface area (Å²) in [5.41, 5.74) is 0. The van der Waals surface area contributed by atoms with Gasteiger partial charge in [-0.1, -0.05) is 238 Å². The summed E-state index contributed by atoms with van der Waals surface area (Å²) < 4.78 is 60.7. The molecule has 0 aromatic rings. The number of hydrogen-bond acceptors (Lipinski definition) is 14. The van der Waals surface area contributed by atoms with Crippen LogP contribution in [-0.4, -0.2) is 95.9 Å². The van der Waals surface area contributed by atoms with E-state index in [0.717, 1.165) is 109 Å². The lowest BCUT2D eigenvalue weighted by molar-refractivity contribution is -0.161. The monoisotopic (exact) mass is 1260 g/mol. The number of rotatable bonds is 60. The second kappa shape index (κ2) is 61.9. The van der Waals surface area contributed by atoms with Crippen molar-refractivity contribution in [3.8, 4) is 0 Å². The molecule has 4 N–H and O–H groups in total. The summed E-state index contributed by atoms with van der Waals surface area (Å²) in [7, 11) is -9.80. The highest BCUT2D eigenvalue weighted by Crippen LogP contribution is 2.45. The maximum atomic E-state index is 12.9. The Morgan fingerprint density at radius 1 is 0.333 bits per heavy atom. The van der Waals surface area contributed by atoms with Gasteiger partial charge in [0.05, 0.1) is 26.4 Å². The molecule has 5 unspecified atom stereocenters. The number of allylic oxidation sites excluding steroid dienone is 22. The lowest BCUT2D eigenvalue weighted by Crippen LogP contribution is -2.30. The Bertz CT molecular complexity index is 2120.